The van der Waals surface area contributed by atoms with E-state index in [1.807, 2.05) is 19.6 Å². The molecule has 1 heterocycles. The molecule has 0 fully saturated rings. The van der Waals surface area contributed by atoms with Crippen LogP contribution in [-0.2, 0) is 11.3 Å². The van der Waals surface area contributed by atoms with Crippen LogP contribution in [-0.4, -0.2) is 42.9 Å². The fourth-order valence-electron chi connectivity index (χ4n) is 2.68. The molecule has 162 valence electrons. The largest absolute Gasteiger partial charge is 0.760 e. The normalized spacial score (nSPS) is 13.8. The first kappa shape index (κ1) is 23.7. The number of aromatic hydroxyl groups is 1. The fraction of sp³-hybridized carbons (Fsp3) is 0.444. The monoisotopic (exact) mass is 506 g/mol. The van der Waals surface area contributed by atoms with E-state index in [1.165, 1.54) is 14.2 Å². The molecule has 2 atom stereocenters. The molecule has 2 N–H and O–H groups in total. The van der Waals surface area contributed by atoms with Crippen molar-refractivity contribution in [3.8, 4) is 34.3 Å². The first-order valence-electron chi connectivity index (χ1n) is 8.82. The summed E-state index contributed by atoms with van der Waals surface area (Å²) in [6.07, 6.45) is 0.380. The Balaban J connectivity index is 2.57. The van der Waals surface area contributed by atoms with Crippen LogP contribution in [0.3, 0.4) is 0 Å². The molecule has 11 heteroatoms. The molecule has 0 amide bonds. The number of benzene rings is 1. The Hall–Kier alpha value is -1.53. The van der Waals surface area contributed by atoms with Crippen LogP contribution >= 0.6 is 15.9 Å². The van der Waals surface area contributed by atoms with E-state index in [9.17, 15) is 13.9 Å². The molecule has 0 radical (unpaired) electrons. The molecule has 1 aromatic heterocycles. The quantitative estimate of drug-likeness (QED) is 0.283. The van der Waals surface area contributed by atoms with E-state index < -0.39 is 24.4 Å². The van der Waals surface area contributed by atoms with E-state index in [-0.39, 0.29) is 23.8 Å². The number of ether oxygens (including phenoxy) is 2. The summed E-state index contributed by atoms with van der Waals surface area (Å²) in [7, 11) is 0.924. The van der Waals surface area contributed by atoms with E-state index in [0.29, 0.717) is 29.2 Å². The summed E-state index contributed by atoms with van der Waals surface area (Å²) < 4.78 is 46.7. The number of furan rings is 1. The molecule has 0 saturated carbocycles. The molecule has 0 spiro atoms. The Bertz CT molecular complexity index is 846. The summed E-state index contributed by atoms with van der Waals surface area (Å²) >= 11 is 1.16. The number of methoxy groups -OCH3 is 2. The molecule has 2 aromatic rings. The molecule has 1 aromatic carbocycles. The number of halogens is 1. The van der Waals surface area contributed by atoms with Crippen LogP contribution in [0.2, 0.25) is 19.6 Å². The molecule has 8 nitrogen and oxygen atoms in total. The van der Waals surface area contributed by atoms with Gasteiger partial charge in [0.2, 0.25) is 14.1 Å². The van der Waals surface area contributed by atoms with Gasteiger partial charge in [-0.3, -0.25) is 4.21 Å². The third-order valence-electron chi connectivity index (χ3n) is 3.83. The minimum absolute atomic E-state index is 0.157. The lowest BCUT2D eigenvalue weighted by molar-refractivity contribution is 0.391. The maximum atomic E-state index is 11.0. The highest BCUT2D eigenvalue weighted by molar-refractivity contribution is 9.09. The third kappa shape index (κ3) is 5.98. The molecule has 29 heavy (non-hydrogen) atoms. The second kappa shape index (κ2) is 9.98. The Kier molecular flexibility index (Phi) is 8.17. The van der Waals surface area contributed by atoms with Gasteiger partial charge < -0.3 is 28.0 Å². The lowest BCUT2D eigenvalue weighted by atomic mass is 10.1. The van der Waals surface area contributed by atoms with E-state index in [2.05, 4.69) is 20.7 Å². The molecule has 0 aliphatic heterocycles. The molecular formula is C18H25BrNO7SSi-. The summed E-state index contributed by atoms with van der Waals surface area (Å²) in [6, 6.07) is 5.23. The zero-order valence-corrected chi connectivity index (χ0v) is 20.3. The maximum absolute atomic E-state index is 11.0. The second-order valence-corrected chi connectivity index (χ2v) is 13.4. The van der Waals surface area contributed by atoms with Gasteiger partial charge in [0, 0.05) is 17.8 Å². The van der Waals surface area contributed by atoms with E-state index >= 15 is 0 Å². The molecule has 0 saturated heterocycles. The zero-order valence-electron chi connectivity index (χ0n) is 16.9. The molecule has 2 rings (SSSR count). The van der Waals surface area contributed by atoms with E-state index in [0.717, 1.165) is 0 Å². The Morgan fingerprint density at radius 2 is 1.86 bits per heavy atom. The topological polar surface area (TPSA) is 113 Å². The summed E-state index contributed by atoms with van der Waals surface area (Å²) in [6.45, 7) is 6.14. The van der Waals surface area contributed by atoms with Crippen LogP contribution in [0, 0.1) is 0 Å². The maximum Gasteiger partial charge on any atom is 0.242 e. The zero-order chi connectivity index (χ0) is 21.8. The van der Waals surface area contributed by atoms with Crippen molar-refractivity contribution in [1.29, 1.82) is 0 Å². The van der Waals surface area contributed by atoms with Gasteiger partial charge in [0.1, 0.15) is 17.1 Å². The van der Waals surface area contributed by atoms with Gasteiger partial charge in [0.25, 0.3) is 0 Å². The molecule has 0 aliphatic rings. The Morgan fingerprint density at radius 3 is 2.34 bits per heavy atom. The van der Waals surface area contributed by atoms with Crippen LogP contribution < -0.4 is 18.6 Å². The van der Waals surface area contributed by atoms with E-state index in [1.54, 1.807) is 18.2 Å². The van der Waals surface area contributed by atoms with Crippen molar-refractivity contribution in [2.24, 2.45) is 0 Å². The van der Waals surface area contributed by atoms with E-state index in [4.69, 9.17) is 18.3 Å². The van der Waals surface area contributed by atoms with Crippen molar-refractivity contribution < 1.29 is 32.2 Å². The Morgan fingerprint density at radius 1 is 1.28 bits per heavy atom. The van der Waals surface area contributed by atoms with Crippen molar-refractivity contribution in [3.63, 3.8) is 0 Å². The van der Waals surface area contributed by atoms with Gasteiger partial charge >= 0.3 is 0 Å². The summed E-state index contributed by atoms with van der Waals surface area (Å²) in [5.41, 5.74) is 0.458. The first-order valence-corrected chi connectivity index (χ1v) is 14.2. The van der Waals surface area contributed by atoms with Gasteiger partial charge in [-0.1, -0.05) is 22.0 Å². The van der Waals surface area contributed by atoms with Crippen LogP contribution in [0.1, 0.15) is 17.0 Å². The minimum atomic E-state index is -2.36. The number of alkyl halides is 1. The predicted molar refractivity (Wildman–Crippen MR) is 116 cm³/mol. The van der Waals surface area contributed by atoms with Crippen LogP contribution in [0.15, 0.2) is 22.6 Å². The third-order valence-corrected chi connectivity index (χ3v) is 5.96. The van der Waals surface area contributed by atoms with Crippen molar-refractivity contribution in [2.75, 3.05) is 20.8 Å². The lowest BCUT2D eigenvalue weighted by Gasteiger charge is -2.20. The molecular weight excluding hydrogens is 482 g/mol. The number of hydrogen-bond acceptors (Lipinski definition) is 7. The van der Waals surface area contributed by atoms with Gasteiger partial charge in [-0.2, -0.15) is 0 Å². The highest BCUT2D eigenvalue weighted by atomic mass is 79.9. The van der Waals surface area contributed by atoms with Gasteiger partial charge in [-0.25, -0.2) is 4.72 Å². The van der Waals surface area contributed by atoms with Crippen LogP contribution in [0.4, 0.5) is 0 Å². The van der Waals surface area contributed by atoms with Crippen molar-refractivity contribution in [3.05, 3.63) is 24.0 Å². The lowest BCUT2D eigenvalue weighted by Crippen LogP contribution is -2.29. The molecule has 0 aliphatic carbocycles. The van der Waals surface area contributed by atoms with Gasteiger partial charge in [0.05, 0.1) is 19.0 Å². The van der Waals surface area contributed by atoms with Crippen LogP contribution in [0.25, 0.3) is 11.3 Å². The average Bonchev–Trinajstić information content (AvgIpc) is 2.95. The van der Waals surface area contributed by atoms with Crippen LogP contribution in [0.5, 0.6) is 23.0 Å². The fourth-order valence-corrected chi connectivity index (χ4v) is 4.30. The smallest absolute Gasteiger partial charge is 0.242 e. The summed E-state index contributed by atoms with van der Waals surface area (Å²) in [5.74, 6) is 1.54. The summed E-state index contributed by atoms with van der Waals surface area (Å²) in [5, 5.41) is 11.0. The summed E-state index contributed by atoms with van der Waals surface area (Å²) in [4.78, 5) is -0.398. The SMILES string of the molecule is COc1cccc(OC)c1-c1oc(C(Br)CCNS(=O)[O-])c(O[Si](C)(C)C)c1O. The highest BCUT2D eigenvalue weighted by Crippen LogP contribution is 2.52. The molecule has 2 unspecified atom stereocenters. The van der Waals surface area contributed by atoms with Crippen molar-refractivity contribution in [2.45, 2.75) is 30.9 Å². The number of nitrogens with one attached hydrogen (secondary N) is 1. The van der Waals surface area contributed by atoms with Crippen molar-refractivity contribution in [1.82, 2.24) is 4.72 Å². The number of hydrogen-bond donors (Lipinski definition) is 2. The first-order chi connectivity index (χ1) is 13.6. The highest BCUT2D eigenvalue weighted by Gasteiger charge is 2.32. The number of rotatable bonds is 10. The van der Waals surface area contributed by atoms with Crippen molar-refractivity contribution >= 4 is 35.5 Å². The van der Waals surface area contributed by atoms with Gasteiger partial charge in [0.15, 0.2) is 17.3 Å². The predicted octanol–water partition coefficient (Wildman–Crippen LogP) is 4.09. The molecule has 0 bridgehead atoms. The minimum Gasteiger partial charge on any atom is -0.760 e. The Labute approximate surface area is 182 Å². The van der Waals surface area contributed by atoms with Gasteiger partial charge in [-0.05, 0) is 38.2 Å². The standard InChI is InChI=1S/C18H26BrNO7SSi/c1-24-12-7-6-8-13(25-2)14(12)17-15(21)18(27-29(3,4)5)16(26-17)11(19)9-10-20-28(22)23/h6-8,11,20-21H,9-10H2,1-5H3,(H,22,23)/p-1. The second-order valence-electron chi connectivity index (χ2n) is 7.11. The average molecular weight is 507 g/mol. The van der Waals surface area contributed by atoms with Gasteiger partial charge in [-0.15, -0.1) is 0 Å².